The van der Waals surface area contributed by atoms with Crippen LogP contribution in [0.1, 0.15) is 20.3 Å². The highest BCUT2D eigenvalue weighted by Crippen LogP contribution is 2.15. The van der Waals surface area contributed by atoms with Gasteiger partial charge in [-0.15, -0.1) is 0 Å². The summed E-state index contributed by atoms with van der Waals surface area (Å²) in [5, 5.41) is 3.41. The molecule has 25 heavy (non-hydrogen) atoms. The smallest absolute Gasteiger partial charge is 0.258 e. The summed E-state index contributed by atoms with van der Waals surface area (Å²) in [7, 11) is 0. The minimum Gasteiger partial charge on any atom is -0.484 e. The molecule has 1 heterocycles. The van der Waals surface area contributed by atoms with Crippen molar-refractivity contribution in [1.29, 1.82) is 0 Å². The zero-order valence-electron chi connectivity index (χ0n) is 14.7. The Balaban J connectivity index is 1.89. The second kappa shape index (κ2) is 9.63. The van der Waals surface area contributed by atoms with E-state index in [-0.39, 0.29) is 24.3 Å². The summed E-state index contributed by atoms with van der Waals surface area (Å²) in [5.41, 5.74) is 0. The molecule has 138 valence electrons. The lowest BCUT2D eigenvalue weighted by atomic mass is 10.0. The number of nitrogens with zero attached hydrogens (tertiary/aromatic N) is 1. The van der Waals surface area contributed by atoms with E-state index in [1.807, 2.05) is 13.8 Å². The molecule has 0 saturated carbocycles. The van der Waals surface area contributed by atoms with Crippen LogP contribution in [0.5, 0.6) is 5.75 Å². The molecule has 1 aliphatic heterocycles. The Kier molecular flexibility index (Phi) is 7.52. The number of halogens is 1. The Morgan fingerprint density at radius 3 is 2.48 bits per heavy atom. The van der Waals surface area contributed by atoms with Crippen molar-refractivity contribution in [2.24, 2.45) is 5.92 Å². The van der Waals surface area contributed by atoms with Gasteiger partial charge in [-0.2, -0.15) is 0 Å². The molecule has 0 spiro atoms. The summed E-state index contributed by atoms with van der Waals surface area (Å²) in [4.78, 5) is 26.6. The number of amides is 2. The summed E-state index contributed by atoms with van der Waals surface area (Å²) in [6.07, 6.45) is 0.586. The van der Waals surface area contributed by atoms with Crippen LogP contribution in [0.3, 0.4) is 0 Å². The van der Waals surface area contributed by atoms with Gasteiger partial charge in [0.1, 0.15) is 11.8 Å². The average Bonchev–Trinajstić information content (AvgIpc) is 2.60. The first-order valence-electron chi connectivity index (χ1n) is 8.50. The van der Waals surface area contributed by atoms with Crippen LogP contribution in [0.2, 0.25) is 5.02 Å². The molecule has 0 unspecified atom stereocenters. The Morgan fingerprint density at radius 2 is 1.88 bits per heavy atom. The van der Waals surface area contributed by atoms with Crippen molar-refractivity contribution >= 4 is 23.4 Å². The molecule has 0 aromatic heterocycles. The van der Waals surface area contributed by atoms with E-state index in [0.29, 0.717) is 43.5 Å². The van der Waals surface area contributed by atoms with Crippen molar-refractivity contribution in [3.05, 3.63) is 29.3 Å². The van der Waals surface area contributed by atoms with Crippen molar-refractivity contribution in [2.45, 2.75) is 26.3 Å². The van der Waals surface area contributed by atoms with Crippen LogP contribution < -0.4 is 10.1 Å². The van der Waals surface area contributed by atoms with Crippen molar-refractivity contribution < 1.29 is 19.1 Å². The van der Waals surface area contributed by atoms with Crippen LogP contribution in [0.25, 0.3) is 0 Å². The molecule has 2 amide bonds. The first kappa shape index (κ1) is 19.5. The highest BCUT2D eigenvalue weighted by atomic mass is 35.5. The first-order chi connectivity index (χ1) is 12.0. The molecule has 1 aliphatic rings. The number of carbonyl (C=O) groups is 2. The van der Waals surface area contributed by atoms with E-state index < -0.39 is 6.04 Å². The number of carbonyl (C=O) groups excluding carboxylic acids is 2. The van der Waals surface area contributed by atoms with Gasteiger partial charge in [-0.1, -0.05) is 25.4 Å². The molecular formula is C18H25ClN2O4. The van der Waals surface area contributed by atoms with Crippen LogP contribution in [-0.2, 0) is 14.3 Å². The number of hydrogen-bond acceptors (Lipinski definition) is 4. The quantitative estimate of drug-likeness (QED) is 0.800. The second-order valence-corrected chi connectivity index (χ2v) is 6.87. The van der Waals surface area contributed by atoms with Gasteiger partial charge in [0, 0.05) is 18.1 Å². The van der Waals surface area contributed by atoms with E-state index >= 15 is 0 Å². The maximum absolute atomic E-state index is 12.7. The third-order valence-electron chi connectivity index (χ3n) is 3.85. The lowest BCUT2D eigenvalue weighted by molar-refractivity contribution is -0.140. The van der Waals surface area contributed by atoms with Crippen molar-refractivity contribution in [3.8, 4) is 5.75 Å². The molecule has 1 N–H and O–H groups in total. The first-order valence-corrected chi connectivity index (χ1v) is 8.87. The lowest BCUT2D eigenvalue weighted by Gasteiger charge is -2.31. The van der Waals surface area contributed by atoms with Crippen LogP contribution >= 0.6 is 11.6 Å². The minimum absolute atomic E-state index is 0.0585. The highest BCUT2D eigenvalue weighted by Gasteiger charge is 2.27. The molecule has 1 fully saturated rings. The number of benzene rings is 1. The van der Waals surface area contributed by atoms with E-state index in [4.69, 9.17) is 21.1 Å². The Bertz CT molecular complexity index is 571. The fraction of sp³-hybridized carbons (Fsp3) is 0.556. The summed E-state index contributed by atoms with van der Waals surface area (Å²) < 4.78 is 10.7. The lowest BCUT2D eigenvalue weighted by Crippen LogP contribution is -2.52. The average molecular weight is 369 g/mol. The molecule has 2 rings (SSSR count). The van der Waals surface area contributed by atoms with Crippen LogP contribution in [0, 0.1) is 5.92 Å². The summed E-state index contributed by atoms with van der Waals surface area (Å²) in [6, 6.07) is 6.23. The molecule has 0 radical (unpaired) electrons. The minimum atomic E-state index is -0.542. The van der Waals surface area contributed by atoms with Gasteiger partial charge in [-0.25, -0.2) is 0 Å². The van der Waals surface area contributed by atoms with Crippen LogP contribution in [-0.4, -0.2) is 55.7 Å². The number of nitrogens with one attached hydrogen (secondary N) is 1. The van der Waals surface area contributed by atoms with E-state index in [0.717, 1.165) is 0 Å². The number of hydrogen-bond donors (Lipinski definition) is 1. The summed E-state index contributed by atoms with van der Waals surface area (Å²) >= 11 is 5.81. The maximum atomic E-state index is 12.7. The molecular weight excluding hydrogens is 344 g/mol. The number of ether oxygens (including phenoxy) is 2. The zero-order valence-corrected chi connectivity index (χ0v) is 15.4. The monoisotopic (exact) mass is 368 g/mol. The molecule has 6 nitrogen and oxygen atoms in total. The van der Waals surface area contributed by atoms with Gasteiger partial charge in [-0.3, -0.25) is 9.59 Å². The normalized spacial score (nSPS) is 15.8. The van der Waals surface area contributed by atoms with Gasteiger partial charge in [0.15, 0.2) is 6.61 Å². The van der Waals surface area contributed by atoms with E-state index in [9.17, 15) is 9.59 Å². The Morgan fingerprint density at radius 1 is 1.24 bits per heavy atom. The molecule has 1 atom stereocenters. The van der Waals surface area contributed by atoms with Gasteiger partial charge in [0.2, 0.25) is 5.91 Å². The molecule has 0 aliphatic carbocycles. The summed E-state index contributed by atoms with van der Waals surface area (Å²) in [5.74, 6) is 0.464. The van der Waals surface area contributed by atoms with E-state index in [1.54, 1.807) is 29.2 Å². The summed E-state index contributed by atoms with van der Waals surface area (Å²) in [6.45, 7) is 6.09. The van der Waals surface area contributed by atoms with Gasteiger partial charge >= 0.3 is 0 Å². The largest absolute Gasteiger partial charge is 0.484 e. The molecule has 7 heteroatoms. The predicted molar refractivity (Wildman–Crippen MR) is 95.7 cm³/mol. The van der Waals surface area contributed by atoms with Gasteiger partial charge < -0.3 is 19.7 Å². The zero-order chi connectivity index (χ0) is 18.2. The molecule has 1 saturated heterocycles. The Labute approximate surface area is 153 Å². The SMILES string of the molecule is CC(C)C[C@H](NC(=O)COc1ccc(Cl)cc1)C(=O)N1CCOCC1. The maximum Gasteiger partial charge on any atom is 0.258 e. The van der Waals surface area contributed by atoms with Gasteiger partial charge in [0.05, 0.1) is 13.2 Å². The molecule has 1 aromatic carbocycles. The van der Waals surface area contributed by atoms with Gasteiger partial charge in [0.25, 0.3) is 5.91 Å². The van der Waals surface area contributed by atoms with E-state index in [2.05, 4.69) is 5.32 Å². The standard InChI is InChI=1S/C18H25ClN2O4/c1-13(2)11-16(18(23)21-7-9-24-10-8-21)20-17(22)12-25-15-5-3-14(19)4-6-15/h3-6,13,16H,7-12H2,1-2H3,(H,20,22)/t16-/m0/s1. The van der Waals surface area contributed by atoms with Crippen LogP contribution in [0.15, 0.2) is 24.3 Å². The predicted octanol–water partition coefficient (Wildman–Crippen LogP) is 2.11. The fourth-order valence-electron chi connectivity index (χ4n) is 2.61. The third kappa shape index (κ3) is 6.55. The number of rotatable bonds is 7. The van der Waals surface area contributed by atoms with Crippen molar-refractivity contribution in [3.63, 3.8) is 0 Å². The van der Waals surface area contributed by atoms with E-state index in [1.165, 1.54) is 0 Å². The number of morpholine rings is 1. The van der Waals surface area contributed by atoms with Crippen molar-refractivity contribution in [2.75, 3.05) is 32.9 Å². The van der Waals surface area contributed by atoms with Crippen LogP contribution in [0.4, 0.5) is 0 Å². The second-order valence-electron chi connectivity index (χ2n) is 6.43. The topological polar surface area (TPSA) is 67.9 Å². The van der Waals surface area contributed by atoms with Crippen molar-refractivity contribution in [1.82, 2.24) is 10.2 Å². The molecule has 0 bridgehead atoms. The van der Waals surface area contributed by atoms with Gasteiger partial charge in [-0.05, 0) is 36.6 Å². The fourth-order valence-corrected chi connectivity index (χ4v) is 2.74. The Hall–Kier alpha value is -1.79. The molecule has 1 aromatic rings. The highest BCUT2D eigenvalue weighted by molar-refractivity contribution is 6.30. The third-order valence-corrected chi connectivity index (χ3v) is 4.10.